The number of methoxy groups -OCH3 is 1. The monoisotopic (exact) mass is 406 g/mol. The number of carbonyl (C=O) groups is 1. The van der Waals surface area contributed by atoms with Gasteiger partial charge < -0.3 is 14.5 Å². The third-order valence-corrected chi connectivity index (χ3v) is 5.81. The van der Waals surface area contributed by atoms with E-state index in [1.165, 1.54) is 7.11 Å². The van der Waals surface area contributed by atoms with Gasteiger partial charge in [-0.05, 0) is 55.5 Å². The zero-order chi connectivity index (χ0) is 20.9. The maximum atomic E-state index is 12.5. The highest BCUT2D eigenvalue weighted by Gasteiger charge is 2.29. The average Bonchev–Trinajstić information content (AvgIpc) is 3.19. The second-order valence-electron chi connectivity index (χ2n) is 7.68. The van der Waals surface area contributed by atoms with Crippen LogP contribution in [0.1, 0.15) is 37.3 Å². The first kappa shape index (κ1) is 20.0. The van der Waals surface area contributed by atoms with Crippen LogP contribution in [0.5, 0.6) is 5.75 Å². The maximum Gasteiger partial charge on any atom is 0.326 e. The van der Waals surface area contributed by atoms with Gasteiger partial charge in [-0.1, -0.05) is 30.3 Å². The Labute approximate surface area is 175 Å². The quantitative estimate of drug-likeness (QED) is 0.619. The number of H-pyrrole nitrogens is 1. The van der Waals surface area contributed by atoms with Crippen LogP contribution in [0, 0.1) is 5.92 Å². The molecule has 0 atom stereocenters. The summed E-state index contributed by atoms with van der Waals surface area (Å²) < 4.78 is 12.6. The number of aromatic nitrogens is 2. The van der Waals surface area contributed by atoms with E-state index in [4.69, 9.17) is 9.47 Å². The van der Waals surface area contributed by atoms with Crippen LogP contribution in [0.25, 0.3) is 11.3 Å². The van der Waals surface area contributed by atoms with Gasteiger partial charge in [0.1, 0.15) is 12.4 Å². The van der Waals surface area contributed by atoms with Gasteiger partial charge in [-0.2, -0.15) is 0 Å². The second-order valence-corrected chi connectivity index (χ2v) is 7.68. The van der Waals surface area contributed by atoms with Crippen molar-refractivity contribution < 1.29 is 14.3 Å². The van der Waals surface area contributed by atoms with Crippen LogP contribution in [0.3, 0.4) is 0 Å². The molecule has 0 saturated heterocycles. The lowest BCUT2D eigenvalue weighted by atomic mass is 9.86. The molecular weight excluding hydrogens is 380 g/mol. The van der Waals surface area contributed by atoms with E-state index in [-0.39, 0.29) is 23.6 Å². The van der Waals surface area contributed by atoms with Crippen molar-refractivity contribution >= 4 is 5.97 Å². The SMILES string of the molecule is COC(=O)[C@H]1CC[C@H](n2c(-c3ccc(OCc4ccccc4)cc3)c[nH]c2=O)CC1. The molecule has 1 aromatic heterocycles. The predicted molar refractivity (Wildman–Crippen MR) is 114 cm³/mol. The minimum atomic E-state index is -0.152. The molecule has 0 spiro atoms. The predicted octanol–water partition coefficient (Wildman–Crippen LogP) is 4.33. The van der Waals surface area contributed by atoms with E-state index in [0.717, 1.165) is 48.3 Å². The van der Waals surface area contributed by atoms with Crippen LogP contribution in [0.2, 0.25) is 0 Å². The van der Waals surface area contributed by atoms with Gasteiger partial charge in [-0.15, -0.1) is 0 Å². The van der Waals surface area contributed by atoms with Crippen molar-refractivity contribution in [1.82, 2.24) is 9.55 Å². The molecule has 2 aromatic carbocycles. The summed E-state index contributed by atoms with van der Waals surface area (Å²) in [5, 5.41) is 0. The Hall–Kier alpha value is -3.28. The van der Waals surface area contributed by atoms with Gasteiger partial charge in [0.05, 0.1) is 18.7 Å². The topological polar surface area (TPSA) is 73.3 Å². The van der Waals surface area contributed by atoms with E-state index < -0.39 is 0 Å². The molecule has 6 heteroatoms. The van der Waals surface area contributed by atoms with Crippen molar-refractivity contribution in [2.24, 2.45) is 5.92 Å². The fourth-order valence-electron chi connectivity index (χ4n) is 4.16. The number of aromatic amines is 1. The number of hydrogen-bond acceptors (Lipinski definition) is 4. The zero-order valence-electron chi connectivity index (χ0n) is 17.0. The summed E-state index contributed by atoms with van der Waals surface area (Å²) in [5.74, 6) is 0.567. The van der Waals surface area contributed by atoms with Crippen molar-refractivity contribution in [2.75, 3.05) is 7.11 Å². The van der Waals surface area contributed by atoms with Crippen molar-refractivity contribution in [3.05, 3.63) is 76.8 Å². The number of carbonyl (C=O) groups excluding carboxylic acids is 1. The molecule has 0 radical (unpaired) electrons. The summed E-state index contributed by atoms with van der Waals surface area (Å²) in [6.45, 7) is 0.512. The molecule has 1 saturated carbocycles. The second kappa shape index (κ2) is 9.03. The Morgan fingerprint density at radius 2 is 1.73 bits per heavy atom. The molecule has 1 heterocycles. The molecule has 0 aliphatic heterocycles. The molecular formula is C24H26N2O4. The van der Waals surface area contributed by atoms with Gasteiger partial charge in [0, 0.05) is 17.8 Å². The molecule has 156 valence electrons. The Bertz CT molecular complexity index is 1030. The zero-order valence-corrected chi connectivity index (χ0v) is 17.0. The van der Waals surface area contributed by atoms with Crippen molar-refractivity contribution in [2.45, 2.75) is 38.3 Å². The Balaban J connectivity index is 1.46. The van der Waals surface area contributed by atoms with Gasteiger partial charge in [0.15, 0.2) is 0 Å². The van der Waals surface area contributed by atoms with E-state index in [1.807, 2.05) is 59.2 Å². The summed E-state index contributed by atoms with van der Waals surface area (Å²) in [7, 11) is 1.43. The normalized spacial score (nSPS) is 18.7. The highest BCUT2D eigenvalue weighted by Crippen LogP contribution is 2.34. The lowest BCUT2D eigenvalue weighted by molar-refractivity contribution is -0.146. The van der Waals surface area contributed by atoms with E-state index >= 15 is 0 Å². The standard InChI is InChI=1S/C24H26N2O4/c1-29-23(27)19-7-11-20(12-8-19)26-22(15-25-24(26)28)18-9-13-21(14-10-18)30-16-17-5-3-2-4-6-17/h2-6,9-10,13-15,19-20H,7-8,11-12,16H2,1H3,(H,25,28)/t19-,20-. The van der Waals surface area contributed by atoms with Crippen LogP contribution >= 0.6 is 0 Å². The number of rotatable bonds is 6. The highest BCUT2D eigenvalue weighted by atomic mass is 16.5. The lowest BCUT2D eigenvalue weighted by Crippen LogP contribution is -2.29. The number of esters is 1. The first-order valence-corrected chi connectivity index (χ1v) is 10.3. The first-order valence-electron chi connectivity index (χ1n) is 10.3. The number of nitrogens with zero attached hydrogens (tertiary/aromatic N) is 1. The number of hydrogen-bond donors (Lipinski definition) is 1. The number of ether oxygens (including phenoxy) is 2. The maximum absolute atomic E-state index is 12.5. The highest BCUT2D eigenvalue weighted by molar-refractivity contribution is 5.72. The minimum absolute atomic E-state index is 0.0645. The van der Waals surface area contributed by atoms with Crippen LogP contribution < -0.4 is 10.4 Å². The van der Waals surface area contributed by atoms with Crippen molar-refractivity contribution in [3.63, 3.8) is 0 Å². The molecule has 1 aliphatic rings. The van der Waals surface area contributed by atoms with E-state index in [1.54, 1.807) is 6.20 Å². The molecule has 0 unspecified atom stereocenters. The summed E-state index contributed by atoms with van der Waals surface area (Å²) in [5.41, 5.74) is 2.81. The molecule has 6 nitrogen and oxygen atoms in total. The number of nitrogens with one attached hydrogen (secondary N) is 1. The Morgan fingerprint density at radius 1 is 1.03 bits per heavy atom. The summed E-state index contributed by atoms with van der Waals surface area (Å²) >= 11 is 0. The van der Waals surface area contributed by atoms with Crippen LogP contribution in [0.15, 0.2) is 65.6 Å². The van der Waals surface area contributed by atoms with Crippen molar-refractivity contribution in [3.8, 4) is 17.0 Å². The van der Waals surface area contributed by atoms with Crippen LogP contribution in [-0.4, -0.2) is 22.6 Å². The first-order chi connectivity index (χ1) is 14.7. The lowest BCUT2D eigenvalue weighted by Gasteiger charge is -2.28. The molecule has 1 aliphatic carbocycles. The molecule has 0 bridgehead atoms. The van der Waals surface area contributed by atoms with E-state index in [9.17, 15) is 9.59 Å². The average molecular weight is 406 g/mol. The molecule has 0 amide bonds. The summed E-state index contributed by atoms with van der Waals surface area (Å²) in [4.78, 5) is 27.1. The molecule has 30 heavy (non-hydrogen) atoms. The summed E-state index contributed by atoms with van der Waals surface area (Å²) in [6.07, 6.45) is 4.79. The summed E-state index contributed by atoms with van der Waals surface area (Å²) in [6, 6.07) is 17.9. The van der Waals surface area contributed by atoms with Crippen LogP contribution in [-0.2, 0) is 16.1 Å². The van der Waals surface area contributed by atoms with E-state index in [2.05, 4.69) is 4.98 Å². The van der Waals surface area contributed by atoms with Gasteiger partial charge in [-0.3, -0.25) is 9.36 Å². The van der Waals surface area contributed by atoms with Crippen molar-refractivity contribution in [1.29, 1.82) is 0 Å². The van der Waals surface area contributed by atoms with Gasteiger partial charge in [-0.25, -0.2) is 4.79 Å². The van der Waals surface area contributed by atoms with Crippen LogP contribution in [0.4, 0.5) is 0 Å². The number of benzene rings is 2. The fraction of sp³-hybridized carbons (Fsp3) is 0.333. The Morgan fingerprint density at radius 3 is 2.40 bits per heavy atom. The third-order valence-electron chi connectivity index (χ3n) is 5.81. The minimum Gasteiger partial charge on any atom is -0.489 e. The molecule has 3 aromatic rings. The third kappa shape index (κ3) is 4.32. The molecule has 1 N–H and O–H groups in total. The smallest absolute Gasteiger partial charge is 0.326 e. The molecule has 1 fully saturated rings. The number of imidazole rings is 1. The Kier molecular flexibility index (Phi) is 6.02. The largest absolute Gasteiger partial charge is 0.489 e. The fourth-order valence-corrected chi connectivity index (χ4v) is 4.16. The van der Waals surface area contributed by atoms with E-state index in [0.29, 0.717) is 6.61 Å². The molecule has 4 rings (SSSR count). The van der Waals surface area contributed by atoms with Gasteiger partial charge in [0.25, 0.3) is 0 Å². The van der Waals surface area contributed by atoms with Gasteiger partial charge in [0.2, 0.25) is 0 Å². The van der Waals surface area contributed by atoms with Gasteiger partial charge >= 0.3 is 11.7 Å².